The molecule has 5 fully saturated rings. The minimum atomic E-state index is -2.81. The Morgan fingerprint density at radius 2 is 2.12 bits per heavy atom. The summed E-state index contributed by atoms with van der Waals surface area (Å²) in [7, 11) is 0. The molecule has 2 bridgehead atoms. The second-order valence-electron chi connectivity index (χ2n) is 11.7. The average molecular weight is 598 g/mol. The highest BCUT2D eigenvalue weighted by Crippen LogP contribution is 2.41. The van der Waals surface area contributed by atoms with Crippen molar-refractivity contribution in [2.24, 2.45) is 0 Å². The predicted molar refractivity (Wildman–Crippen MR) is 155 cm³/mol. The van der Waals surface area contributed by atoms with Crippen molar-refractivity contribution in [3.05, 3.63) is 58.5 Å². The highest BCUT2D eigenvalue weighted by Gasteiger charge is 2.49. The summed E-state index contributed by atoms with van der Waals surface area (Å²) in [6.07, 6.45) is -0.444. The number of phenols is 1. The maximum Gasteiger partial charge on any atom is 0.319 e. The van der Waals surface area contributed by atoms with E-state index >= 15 is 8.78 Å². The lowest BCUT2D eigenvalue weighted by Crippen LogP contribution is -2.61. The number of aromatic hydroxyl groups is 1. The van der Waals surface area contributed by atoms with E-state index in [9.17, 15) is 14.3 Å². The molecule has 0 spiro atoms. The van der Waals surface area contributed by atoms with E-state index in [-0.39, 0.29) is 58.5 Å². The van der Waals surface area contributed by atoms with Gasteiger partial charge in [0.2, 0.25) is 0 Å². The first-order chi connectivity index (χ1) is 22.6. The van der Waals surface area contributed by atoms with Gasteiger partial charge in [-0.1, -0.05) is 6.07 Å². The van der Waals surface area contributed by atoms with Crippen LogP contribution in [0.5, 0.6) is 11.8 Å². The lowest BCUT2D eigenvalue weighted by Gasteiger charge is -2.46. The molecule has 9 rings (SSSR count). The van der Waals surface area contributed by atoms with Crippen LogP contribution in [0.1, 0.15) is 39.0 Å². The molecule has 2 unspecified atom stereocenters. The molecule has 9 nitrogen and oxygen atoms in total. The monoisotopic (exact) mass is 597 g/mol. The highest BCUT2D eigenvalue weighted by atomic mass is 19.2. The summed E-state index contributed by atoms with van der Waals surface area (Å²) in [5.41, 5.74) is -3.07. The van der Waals surface area contributed by atoms with Crippen molar-refractivity contribution in [3.8, 4) is 17.4 Å². The number of rotatable bonds is 5. The SMILES string of the molecule is [2H]C1([2H])CC[C@@]2(C([2H])([2H])Oc3nc(N4CC5CCC4CN5)c4ccn(-c5cc(O)cc6ccc(F)c(F)c56)c(=O)c4n3)C[C@@]([2H])(F)CN12. The topological polar surface area (TPSA) is 95.8 Å². The van der Waals surface area contributed by atoms with Crippen molar-refractivity contribution in [2.75, 3.05) is 37.6 Å². The first-order valence-corrected chi connectivity index (χ1v) is 14.3. The van der Waals surface area contributed by atoms with Crippen molar-refractivity contribution < 1.29 is 29.9 Å². The number of hydrogen-bond acceptors (Lipinski definition) is 8. The van der Waals surface area contributed by atoms with Crippen LogP contribution in [-0.4, -0.2) is 81.0 Å². The lowest BCUT2D eigenvalue weighted by molar-refractivity contribution is 0.107. The molecule has 4 atom stereocenters. The van der Waals surface area contributed by atoms with E-state index in [0.717, 1.165) is 34.4 Å². The molecule has 5 saturated heterocycles. The zero-order chi connectivity index (χ0) is 34.0. The number of benzene rings is 2. The van der Waals surface area contributed by atoms with Gasteiger partial charge in [-0.2, -0.15) is 9.97 Å². The molecule has 0 aliphatic carbocycles. The molecule has 2 N–H and O–H groups in total. The van der Waals surface area contributed by atoms with Gasteiger partial charge in [0.1, 0.15) is 29.8 Å². The Balaban J connectivity index is 1.31. The fourth-order valence-corrected chi connectivity index (χ4v) is 6.96. The van der Waals surface area contributed by atoms with Crippen LogP contribution < -0.4 is 20.5 Å². The van der Waals surface area contributed by atoms with Crippen LogP contribution in [-0.2, 0) is 0 Å². The van der Waals surface area contributed by atoms with E-state index in [1.807, 2.05) is 4.90 Å². The maximum absolute atomic E-state index is 15.2. The normalized spacial score (nSPS) is 31.9. The van der Waals surface area contributed by atoms with E-state index in [1.54, 1.807) is 0 Å². The van der Waals surface area contributed by atoms with Crippen LogP contribution in [0.4, 0.5) is 19.0 Å². The fraction of sp³-hybridized carbons (Fsp3) is 0.452. The first kappa shape index (κ1) is 21.7. The van der Waals surface area contributed by atoms with E-state index < -0.39 is 60.9 Å². The third kappa shape index (κ3) is 4.25. The van der Waals surface area contributed by atoms with E-state index in [4.69, 9.17) is 11.6 Å². The summed E-state index contributed by atoms with van der Waals surface area (Å²) in [4.78, 5) is 26.2. The Kier molecular flexibility index (Phi) is 4.96. The van der Waals surface area contributed by atoms with E-state index in [2.05, 4.69) is 15.3 Å². The molecule has 12 heteroatoms. The number of phenolic OH excluding ortho intramolecular Hbond substituents is 1. The van der Waals surface area contributed by atoms with E-state index in [0.29, 0.717) is 18.5 Å². The number of nitrogens with zero attached hydrogens (tertiary/aromatic N) is 5. The van der Waals surface area contributed by atoms with Gasteiger partial charge in [0.15, 0.2) is 11.6 Å². The van der Waals surface area contributed by atoms with Gasteiger partial charge in [-0.25, -0.2) is 13.2 Å². The number of piperazine rings is 1. The fourth-order valence-electron chi connectivity index (χ4n) is 6.96. The second-order valence-corrected chi connectivity index (χ2v) is 11.7. The standard InChI is InChI=1S/C31H31F3N6O3/c32-18-12-31(7-1-8-38(31)14-18)16-43-30-36-27-22(28(37-30)40-15-19-3-4-20(40)13-35-19)6-9-39(29(27)42)24-11-21(41)10-17-2-5-23(33)26(34)25(17)24/h2,5-6,9-11,18-20,35,41H,1,3-4,7-8,12-16H2/t18-,19?,20?,31+/m1/s1/i8D2,16D2,18D. The highest BCUT2D eigenvalue weighted by molar-refractivity contribution is 5.94. The van der Waals surface area contributed by atoms with Crippen molar-refractivity contribution in [1.29, 1.82) is 0 Å². The summed E-state index contributed by atoms with van der Waals surface area (Å²) in [6.45, 7) is -4.40. The Morgan fingerprint density at radius 1 is 1.23 bits per heavy atom. The minimum absolute atomic E-state index is 0.0197. The van der Waals surface area contributed by atoms with Crippen molar-refractivity contribution in [3.63, 3.8) is 0 Å². The van der Waals surface area contributed by atoms with Gasteiger partial charge in [0.25, 0.3) is 5.56 Å². The van der Waals surface area contributed by atoms with Crippen LogP contribution in [0.15, 0.2) is 41.3 Å². The van der Waals surface area contributed by atoms with Gasteiger partial charge in [0, 0.05) is 58.5 Å². The van der Waals surface area contributed by atoms with Crippen molar-refractivity contribution >= 4 is 27.5 Å². The Hall–Kier alpha value is -3.90. The number of piperidine rings is 2. The number of anilines is 1. The number of halogens is 3. The summed E-state index contributed by atoms with van der Waals surface area (Å²) in [5.74, 6) is -2.39. The summed E-state index contributed by atoms with van der Waals surface area (Å²) >= 11 is 0. The Labute approximate surface area is 251 Å². The zero-order valence-electron chi connectivity index (χ0n) is 27.9. The molecule has 0 saturated carbocycles. The predicted octanol–water partition coefficient (Wildman–Crippen LogP) is 3.81. The van der Waals surface area contributed by atoms with Crippen LogP contribution in [0, 0.1) is 11.6 Å². The molecule has 224 valence electrons. The molecule has 5 aliphatic heterocycles. The van der Waals surface area contributed by atoms with Crippen molar-refractivity contribution in [2.45, 2.75) is 55.9 Å². The largest absolute Gasteiger partial charge is 0.508 e. The maximum atomic E-state index is 15.2. The van der Waals surface area contributed by atoms with E-state index in [1.165, 1.54) is 24.4 Å². The van der Waals surface area contributed by atoms with Crippen LogP contribution in [0.3, 0.4) is 0 Å². The molecule has 2 aromatic heterocycles. The molecular weight excluding hydrogens is 561 g/mol. The second kappa shape index (κ2) is 9.81. The van der Waals surface area contributed by atoms with Crippen LogP contribution in [0.2, 0.25) is 0 Å². The van der Waals surface area contributed by atoms with Gasteiger partial charge in [-0.05, 0) is 55.8 Å². The smallest absolute Gasteiger partial charge is 0.319 e. The molecule has 5 aliphatic rings. The number of alkyl halides is 1. The van der Waals surface area contributed by atoms with Crippen LogP contribution in [0.25, 0.3) is 27.4 Å². The number of aromatic nitrogens is 3. The summed E-state index contributed by atoms with van der Waals surface area (Å²) in [5, 5.41) is 14.1. The third-order valence-corrected chi connectivity index (χ3v) is 9.07. The van der Waals surface area contributed by atoms with Gasteiger partial charge in [0.05, 0.1) is 20.7 Å². The quantitative estimate of drug-likeness (QED) is 0.359. The molecule has 7 heterocycles. The molecule has 0 radical (unpaired) electrons. The number of pyridine rings is 1. The van der Waals surface area contributed by atoms with Gasteiger partial charge in [-0.15, -0.1) is 0 Å². The van der Waals surface area contributed by atoms with Gasteiger partial charge in [-0.3, -0.25) is 14.3 Å². The molecular formula is C31H31F3N6O3. The molecule has 43 heavy (non-hydrogen) atoms. The summed E-state index contributed by atoms with van der Waals surface area (Å²) < 4.78 is 94.4. The van der Waals surface area contributed by atoms with Gasteiger partial charge < -0.3 is 20.1 Å². The molecule has 0 amide bonds. The number of ether oxygens (including phenoxy) is 1. The van der Waals surface area contributed by atoms with Gasteiger partial charge >= 0.3 is 6.01 Å². The third-order valence-electron chi connectivity index (χ3n) is 9.07. The van der Waals surface area contributed by atoms with Crippen LogP contribution >= 0.6 is 0 Å². The number of fused-ring (bicyclic) bond motifs is 6. The minimum Gasteiger partial charge on any atom is -0.508 e. The molecule has 4 aromatic rings. The first-order valence-electron chi connectivity index (χ1n) is 16.8. The number of nitrogens with one attached hydrogen (secondary N) is 1. The Bertz CT molecular complexity index is 2060. The Morgan fingerprint density at radius 3 is 2.91 bits per heavy atom. The number of hydrogen-bond donors (Lipinski definition) is 2. The summed E-state index contributed by atoms with van der Waals surface area (Å²) in [6, 6.07) is 5.64. The van der Waals surface area contributed by atoms with Crippen molar-refractivity contribution in [1.82, 2.24) is 24.8 Å². The lowest BCUT2D eigenvalue weighted by atomic mass is 9.93. The average Bonchev–Trinajstić information content (AvgIpc) is 3.48. The molecule has 2 aromatic carbocycles. The zero-order valence-corrected chi connectivity index (χ0v) is 22.9.